The summed E-state index contributed by atoms with van der Waals surface area (Å²) in [5, 5.41) is 7.76. The normalized spacial score (nSPS) is 24.6. The fourth-order valence-corrected chi connectivity index (χ4v) is 5.61. The maximum Gasteiger partial charge on any atom is 0.230 e. The summed E-state index contributed by atoms with van der Waals surface area (Å²) >= 11 is 1.71. The second kappa shape index (κ2) is 8.05. The Morgan fingerprint density at radius 3 is 2.86 bits per heavy atom. The average molecular weight is 419 g/mol. The van der Waals surface area contributed by atoms with Gasteiger partial charge in [0.15, 0.2) is 0 Å². The van der Waals surface area contributed by atoms with Crippen molar-refractivity contribution in [2.24, 2.45) is 5.41 Å². The zero-order chi connectivity index (χ0) is 18.3. The molecule has 2 fully saturated rings. The standard InChI is InChI=1S/C22H26N2O2S.ClH/c25-21(18-5-11-26-19-4-2-1-3-17(18)19)24(14-16-6-12-27-15-16)20-13-22(20)7-9-23-10-8-22;/h1-4,6,12,15,18,20,23H,5,7-11,13-14H2;1H. The molecule has 3 aliphatic rings. The Bertz CT molecular complexity index is 820. The van der Waals surface area contributed by atoms with E-state index in [1.54, 1.807) is 11.3 Å². The van der Waals surface area contributed by atoms with Crippen LogP contribution in [0.2, 0.25) is 0 Å². The molecule has 150 valence electrons. The molecule has 5 rings (SSSR count). The van der Waals surface area contributed by atoms with Crippen molar-refractivity contribution in [2.75, 3.05) is 19.7 Å². The van der Waals surface area contributed by atoms with Crippen LogP contribution in [0.3, 0.4) is 0 Å². The van der Waals surface area contributed by atoms with Crippen LogP contribution in [0.1, 0.15) is 42.7 Å². The lowest BCUT2D eigenvalue weighted by molar-refractivity contribution is -0.135. The summed E-state index contributed by atoms with van der Waals surface area (Å²) < 4.78 is 5.80. The lowest BCUT2D eigenvalue weighted by Crippen LogP contribution is -2.42. The summed E-state index contributed by atoms with van der Waals surface area (Å²) in [5.41, 5.74) is 2.66. The molecule has 28 heavy (non-hydrogen) atoms. The molecule has 3 heterocycles. The Morgan fingerprint density at radius 1 is 1.25 bits per heavy atom. The number of fused-ring (bicyclic) bond motifs is 1. The highest BCUT2D eigenvalue weighted by atomic mass is 35.5. The molecule has 4 nitrogen and oxygen atoms in total. The maximum absolute atomic E-state index is 13.8. The highest BCUT2D eigenvalue weighted by Gasteiger charge is 2.58. The first kappa shape index (κ1) is 19.7. The van der Waals surface area contributed by atoms with E-state index in [1.807, 2.05) is 18.2 Å². The van der Waals surface area contributed by atoms with E-state index < -0.39 is 0 Å². The van der Waals surface area contributed by atoms with Crippen LogP contribution in [-0.2, 0) is 11.3 Å². The lowest BCUT2D eigenvalue weighted by atomic mass is 9.90. The third kappa shape index (κ3) is 3.56. The van der Waals surface area contributed by atoms with Gasteiger partial charge in [-0.15, -0.1) is 12.4 Å². The Labute approximate surface area is 176 Å². The van der Waals surface area contributed by atoms with Gasteiger partial charge in [-0.25, -0.2) is 0 Å². The summed E-state index contributed by atoms with van der Waals surface area (Å²) in [5.74, 6) is 1.09. The van der Waals surface area contributed by atoms with E-state index in [1.165, 1.54) is 18.4 Å². The number of rotatable bonds is 4. The first-order valence-electron chi connectivity index (χ1n) is 10.0. The van der Waals surface area contributed by atoms with Crippen molar-refractivity contribution in [3.05, 3.63) is 52.2 Å². The molecule has 2 unspecified atom stereocenters. The monoisotopic (exact) mass is 418 g/mol. The quantitative estimate of drug-likeness (QED) is 0.808. The van der Waals surface area contributed by atoms with Gasteiger partial charge in [0.05, 0.1) is 12.5 Å². The number of hydrogen-bond acceptors (Lipinski definition) is 4. The minimum Gasteiger partial charge on any atom is -0.493 e. The number of halogens is 1. The van der Waals surface area contributed by atoms with Crippen LogP contribution in [0.25, 0.3) is 0 Å². The highest BCUT2D eigenvalue weighted by Crippen LogP contribution is 2.56. The second-order valence-corrected chi connectivity index (χ2v) is 8.94. The zero-order valence-corrected chi connectivity index (χ0v) is 17.6. The molecule has 6 heteroatoms. The summed E-state index contributed by atoms with van der Waals surface area (Å²) in [7, 11) is 0. The van der Waals surface area contributed by atoms with Crippen molar-refractivity contribution in [3.8, 4) is 5.75 Å². The summed E-state index contributed by atoms with van der Waals surface area (Å²) in [6.45, 7) is 3.52. The van der Waals surface area contributed by atoms with E-state index in [0.29, 0.717) is 18.1 Å². The van der Waals surface area contributed by atoms with Crippen molar-refractivity contribution < 1.29 is 9.53 Å². The molecule has 0 radical (unpaired) electrons. The molecule has 1 spiro atoms. The fourth-order valence-electron chi connectivity index (χ4n) is 4.95. The number of nitrogens with one attached hydrogen (secondary N) is 1. The van der Waals surface area contributed by atoms with Gasteiger partial charge in [0.25, 0.3) is 0 Å². The van der Waals surface area contributed by atoms with Crippen molar-refractivity contribution >= 4 is 29.7 Å². The van der Waals surface area contributed by atoms with Gasteiger partial charge in [-0.3, -0.25) is 4.79 Å². The van der Waals surface area contributed by atoms with E-state index in [2.05, 4.69) is 33.1 Å². The molecule has 2 atom stereocenters. The van der Waals surface area contributed by atoms with Gasteiger partial charge in [-0.1, -0.05) is 18.2 Å². The Kier molecular flexibility index (Phi) is 5.68. The number of benzene rings is 1. The van der Waals surface area contributed by atoms with Crippen molar-refractivity contribution in [1.29, 1.82) is 0 Å². The molecule has 1 amide bonds. The number of ether oxygens (including phenoxy) is 1. The summed E-state index contributed by atoms with van der Waals surface area (Å²) in [4.78, 5) is 16.0. The van der Waals surface area contributed by atoms with E-state index in [4.69, 9.17) is 4.74 Å². The molecule has 2 aliphatic heterocycles. The fraction of sp³-hybridized carbons (Fsp3) is 0.500. The van der Waals surface area contributed by atoms with Crippen molar-refractivity contribution in [3.63, 3.8) is 0 Å². The van der Waals surface area contributed by atoms with E-state index in [0.717, 1.165) is 43.8 Å². The molecular weight excluding hydrogens is 392 g/mol. The van der Waals surface area contributed by atoms with Crippen LogP contribution in [0.15, 0.2) is 41.1 Å². The van der Waals surface area contributed by atoms with Crippen LogP contribution in [0.5, 0.6) is 5.75 Å². The lowest BCUT2D eigenvalue weighted by Gasteiger charge is -2.34. The third-order valence-electron chi connectivity index (χ3n) is 6.59. The first-order chi connectivity index (χ1) is 13.3. The Balaban J connectivity index is 0.00000192. The zero-order valence-electron chi connectivity index (χ0n) is 15.9. The molecular formula is C22H27ClN2O2S. The topological polar surface area (TPSA) is 41.6 Å². The number of para-hydroxylation sites is 1. The van der Waals surface area contributed by atoms with E-state index in [9.17, 15) is 4.79 Å². The molecule has 1 aromatic carbocycles. The van der Waals surface area contributed by atoms with Crippen LogP contribution in [-0.4, -0.2) is 36.5 Å². The number of amides is 1. The smallest absolute Gasteiger partial charge is 0.230 e. The summed E-state index contributed by atoms with van der Waals surface area (Å²) in [6, 6.07) is 10.6. The molecule has 1 saturated heterocycles. The van der Waals surface area contributed by atoms with Gasteiger partial charge in [0.1, 0.15) is 5.75 Å². The van der Waals surface area contributed by atoms with Crippen LogP contribution in [0.4, 0.5) is 0 Å². The van der Waals surface area contributed by atoms with Crippen molar-refractivity contribution in [1.82, 2.24) is 10.2 Å². The molecule has 1 saturated carbocycles. The number of carbonyl (C=O) groups is 1. The molecule has 1 aliphatic carbocycles. The molecule has 1 N–H and O–H groups in total. The van der Waals surface area contributed by atoms with E-state index in [-0.39, 0.29) is 24.2 Å². The number of piperidine rings is 1. The molecule has 2 aromatic rings. The van der Waals surface area contributed by atoms with Gasteiger partial charge in [0.2, 0.25) is 5.91 Å². The SMILES string of the molecule is Cl.O=C(C1CCOc2ccccc21)N(Cc1ccsc1)C1CC12CCNCC2. The van der Waals surface area contributed by atoms with Gasteiger partial charge in [-0.05, 0) is 72.6 Å². The summed E-state index contributed by atoms with van der Waals surface area (Å²) in [6.07, 6.45) is 4.32. The van der Waals surface area contributed by atoms with Gasteiger partial charge >= 0.3 is 0 Å². The van der Waals surface area contributed by atoms with E-state index >= 15 is 0 Å². The first-order valence-corrected chi connectivity index (χ1v) is 11.0. The second-order valence-electron chi connectivity index (χ2n) is 8.16. The molecule has 1 aromatic heterocycles. The minimum absolute atomic E-state index is 0. The number of hydrogen-bond donors (Lipinski definition) is 1. The number of carbonyl (C=O) groups excluding carboxylic acids is 1. The van der Waals surface area contributed by atoms with Crippen LogP contribution in [0, 0.1) is 5.41 Å². The van der Waals surface area contributed by atoms with Gasteiger partial charge in [0, 0.05) is 18.2 Å². The van der Waals surface area contributed by atoms with Crippen LogP contribution >= 0.6 is 23.7 Å². The number of thiophene rings is 1. The van der Waals surface area contributed by atoms with Crippen LogP contribution < -0.4 is 10.1 Å². The van der Waals surface area contributed by atoms with Gasteiger partial charge < -0.3 is 15.0 Å². The van der Waals surface area contributed by atoms with Crippen molar-refractivity contribution in [2.45, 2.75) is 44.2 Å². The predicted molar refractivity (Wildman–Crippen MR) is 114 cm³/mol. The minimum atomic E-state index is -0.0760. The predicted octanol–water partition coefficient (Wildman–Crippen LogP) is 4.21. The molecule has 0 bridgehead atoms. The average Bonchev–Trinajstić information content (AvgIpc) is 3.14. The highest BCUT2D eigenvalue weighted by molar-refractivity contribution is 7.07. The Morgan fingerprint density at radius 2 is 2.07 bits per heavy atom. The largest absolute Gasteiger partial charge is 0.493 e. The third-order valence-corrected chi connectivity index (χ3v) is 7.33. The maximum atomic E-state index is 13.8. The van der Waals surface area contributed by atoms with Gasteiger partial charge in [-0.2, -0.15) is 11.3 Å². The Hall–Kier alpha value is -1.56. The number of nitrogens with zero attached hydrogens (tertiary/aromatic N) is 1.